The fourth-order valence-electron chi connectivity index (χ4n) is 2.40. The van der Waals surface area contributed by atoms with Crippen molar-refractivity contribution in [1.29, 1.82) is 0 Å². The summed E-state index contributed by atoms with van der Waals surface area (Å²) < 4.78 is 15.8. The van der Waals surface area contributed by atoms with E-state index >= 15 is 0 Å². The van der Waals surface area contributed by atoms with E-state index in [1.54, 1.807) is 27.8 Å². The van der Waals surface area contributed by atoms with Crippen molar-refractivity contribution in [3.8, 4) is 17.1 Å². The van der Waals surface area contributed by atoms with Crippen molar-refractivity contribution in [2.45, 2.75) is 46.1 Å². The maximum absolute atomic E-state index is 12.2. The second kappa shape index (κ2) is 9.34. The Hall–Kier alpha value is -2.90. The SMILES string of the molecule is CCOc1ccc(-c2noc(CCC(=O)N(C)CC(=O)OC(C)(C)C)n2)cc1. The lowest BCUT2D eigenvalue weighted by atomic mass is 10.2. The standard InChI is InChI=1S/C20H27N3O5/c1-6-26-15-9-7-14(8-10-15)19-21-16(28-22-19)11-12-17(24)23(5)13-18(25)27-20(2,3)4/h7-10H,6,11-13H2,1-5H3. The van der Waals surface area contributed by atoms with Gasteiger partial charge in [-0.2, -0.15) is 4.98 Å². The third kappa shape index (κ3) is 6.68. The first kappa shape index (κ1) is 21.4. The van der Waals surface area contributed by atoms with E-state index in [4.69, 9.17) is 14.0 Å². The molecule has 2 rings (SSSR count). The Morgan fingerprint density at radius 2 is 1.86 bits per heavy atom. The first-order valence-corrected chi connectivity index (χ1v) is 9.19. The number of carbonyl (C=O) groups excluding carboxylic acids is 2. The van der Waals surface area contributed by atoms with E-state index in [0.717, 1.165) is 11.3 Å². The Bertz CT molecular complexity index is 793. The van der Waals surface area contributed by atoms with E-state index in [9.17, 15) is 9.59 Å². The van der Waals surface area contributed by atoms with Crippen LogP contribution in [0.3, 0.4) is 0 Å². The molecule has 28 heavy (non-hydrogen) atoms. The van der Waals surface area contributed by atoms with E-state index in [-0.39, 0.29) is 18.9 Å². The monoisotopic (exact) mass is 389 g/mol. The summed E-state index contributed by atoms with van der Waals surface area (Å²) in [5, 5.41) is 3.95. The maximum atomic E-state index is 12.2. The maximum Gasteiger partial charge on any atom is 0.326 e. The highest BCUT2D eigenvalue weighted by atomic mass is 16.6. The molecule has 1 amide bonds. The lowest BCUT2D eigenvalue weighted by Gasteiger charge is -2.22. The van der Waals surface area contributed by atoms with Gasteiger partial charge in [0, 0.05) is 25.5 Å². The zero-order chi connectivity index (χ0) is 20.7. The number of likely N-dealkylation sites (N-methyl/N-ethyl adjacent to an activating group) is 1. The largest absolute Gasteiger partial charge is 0.494 e. The van der Waals surface area contributed by atoms with Crippen molar-refractivity contribution in [2.75, 3.05) is 20.2 Å². The van der Waals surface area contributed by atoms with E-state index in [2.05, 4.69) is 10.1 Å². The number of carbonyl (C=O) groups is 2. The van der Waals surface area contributed by atoms with Gasteiger partial charge < -0.3 is 18.9 Å². The van der Waals surface area contributed by atoms with Gasteiger partial charge in [0.1, 0.15) is 17.9 Å². The Balaban J connectivity index is 1.86. The number of rotatable bonds is 8. The summed E-state index contributed by atoms with van der Waals surface area (Å²) in [4.78, 5) is 29.7. The highest BCUT2D eigenvalue weighted by molar-refractivity contribution is 5.82. The Kier molecular flexibility index (Phi) is 7.14. The first-order chi connectivity index (χ1) is 13.2. The molecule has 0 aliphatic rings. The number of aryl methyl sites for hydroxylation is 1. The minimum atomic E-state index is -0.581. The first-order valence-electron chi connectivity index (χ1n) is 9.19. The molecule has 0 atom stereocenters. The normalized spacial score (nSPS) is 11.2. The van der Waals surface area contributed by atoms with E-state index in [1.807, 2.05) is 31.2 Å². The lowest BCUT2D eigenvalue weighted by Crippen LogP contribution is -2.36. The minimum Gasteiger partial charge on any atom is -0.494 e. The molecule has 152 valence electrons. The molecule has 0 aliphatic carbocycles. The molecule has 0 saturated heterocycles. The summed E-state index contributed by atoms with van der Waals surface area (Å²) in [6.07, 6.45) is 0.450. The van der Waals surface area contributed by atoms with Gasteiger partial charge in [0.25, 0.3) is 0 Å². The lowest BCUT2D eigenvalue weighted by molar-refractivity contribution is -0.158. The van der Waals surface area contributed by atoms with E-state index < -0.39 is 11.6 Å². The van der Waals surface area contributed by atoms with Crippen LogP contribution in [0.2, 0.25) is 0 Å². The zero-order valence-corrected chi connectivity index (χ0v) is 17.0. The molecular weight excluding hydrogens is 362 g/mol. The molecule has 2 aromatic rings. The van der Waals surface area contributed by atoms with Crippen LogP contribution in [0.25, 0.3) is 11.4 Å². The molecule has 8 nitrogen and oxygen atoms in total. The summed E-state index contributed by atoms with van der Waals surface area (Å²) in [5.41, 5.74) is 0.217. The molecule has 1 heterocycles. The molecule has 0 aliphatic heterocycles. The van der Waals surface area contributed by atoms with Crippen molar-refractivity contribution in [3.05, 3.63) is 30.2 Å². The molecule has 0 N–H and O–H groups in total. The number of hydrogen-bond donors (Lipinski definition) is 0. The van der Waals surface area contributed by atoms with Crippen LogP contribution in [0.5, 0.6) is 5.75 Å². The number of aromatic nitrogens is 2. The van der Waals surface area contributed by atoms with Crippen molar-refractivity contribution < 1.29 is 23.6 Å². The highest BCUT2D eigenvalue weighted by Crippen LogP contribution is 2.20. The van der Waals surface area contributed by atoms with Crippen LogP contribution in [0.4, 0.5) is 0 Å². The van der Waals surface area contributed by atoms with Gasteiger partial charge in [-0.3, -0.25) is 9.59 Å². The van der Waals surface area contributed by atoms with Crippen LogP contribution in [0.1, 0.15) is 40.0 Å². The third-order valence-corrected chi connectivity index (χ3v) is 3.66. The molecular formula is C20H27N3O5. The van der Waals surface area contributed by atoms with Gasteiger partial charge in [0.15, 0.2) is 0 Å². The highest BCUT2D eigenvalue weighted by Gasteiger charge is 2.20. The Labute approximate surface area is 164 Å². The van der Waals surface area contributed by atoms with Gasteiger partial charge in [0.2, 0.25) is 17.6 Å². The predicted octanol–water partition coefficient (Wildman–Crippen LogP) is 2.87. The Morgan fingerprint density at radius 3 is 2.46 bits per heavy atom. The van der Waals surface area contributed by atoms with Gasteiger partial charge in [-0.1, -0.05) is 5.16 Å². The number of hydrogen-bond acceptors (Lipinski definition) is 7. The van der Waals surface area contributed by atoms with Crippen LogP contribution in [-0.2, 0) is 20.7 Å². The van der Waals surface area contributed by atoms with Gasteiger partial charge in [-0.25, -0.2) is 0 Å². The minimum absolute atomic E-state index is 0.0998. The molecule has 1 aromatic heterocycles. The van der Waals surface area contributed by atoms with Gasteiger partial charge in [0.05, 0.1) is 6.61 Å². The molecule has 0 radical (unpaired) electrons. The molecule has 8 heteroatoms. The van der Waals surface area contributed by atoms with E-state index in [1.165, 1.54) is 4.90 Å². The summed E-state index contributed by atoms with van der Waals surface area (Å²) in [5.74, 6) is 0.940. The van der Waals surface area contributed by atoms with Crippen LogP contribution in [-0.4, -0.2) is 52.7 Å². The Morgan fingerprint density at radius 1 is 1.18 bits per heavy atom. The van der Waals surface area contributed by atoms with Crippen LogP contribution in [0, 0.1) is 0 Å². The number of ether oxygens (including phenoxy) is 2. The molecule has 0 spiro atoms. The quantitative estimate of drug-likeness (QED) is 0.641. The van der Waals surface area contributed by atoms with Crippen molar-refractivity contribution in [1.82, 2.24) is 15.0 Å². The number of amides is 1. The molecule has 0 saturated carbocycles. The van der Waals surface area contributed by atoms with Gasteiger partial charge >= 0.3 is 5.97 Å². The van der Waals surface area contributed by atoms with Crippen molar-refractivity contribution in [3.63, 3.8) is 0 Å². The van der Waals surface area contributed by atoms with Gasteiger partial charge in [-0.15, -0.1) is 0 Å². The topological polar surface area (TPSA) is 94.8 Å². The molecule has 0 fully saturated rings. The average Bonchev–Trinajstić information content (AvgIpc) is 3.07. The van der Waals surface area contributed by atoms with Crippen molar-refractivity contribution >= 4 is 11.9 Å². The number of esters is 1. The fourth-order valence-corrected chi connectivity index (χ4v) is 2.40. The molecule has 0 unspecified atom stereocenters. The smallest absolute Gasteiger partial charge is 0.326 e. The third-order valence-electron chi connectivity index (χ3n) is 3.66. The van der Waals surface area contributed by atoms with Crippen molar-refractivity contribution in [2.24, 2.45) is 0 Å². The number of nitrogens with zero attached hydrogens (tertiary/aromatic N) is 3. The summed E-state index contributed by atoms with van der Waals surface area (Å²) in [6.45, 7) is 7.77. The molecule has 0 bridgehead atoms. The van der Waals surface area contributed by atoms with Crippen LogP contribution in [0.15, 0.2) is 28.8 Å². The number of benzene rings is 1. The van der Waals surface area contributed by atoms with Crippen LogP contribution < -0.4 is 4.74 Å². The summed E-state index contributed by atoms with van der Waals surface area (Å²) in [7, 11) is 1.56. The fraction of sp³-hybridized carbons (Fsp3) is 0.500. The predicted molar refractivity (Wildman–Crippen MR) is 103 cm³/mol. The second-order valence-electron chi connectivity index (χ2n) is 7.31. The summed E-state index contributed by atoms with van der Waals surface area (Å²) in [6, 6.07) is 7.37. The van der Waals surface area contributed by atoms with E-state index in [0.29, 0.717) is 24.7 Å². The zero-order valence-electron chi connectivity index (χ0n) is 17.0. The molecule has 1 aromatic carbocycles. The average molecular weight is 389 g/mol. The second-order valence-corrected chi connectivity index (χ2v) is 7.31. The summed E-state index contributed by atoms with van der Waals surface area (Å²) >= 11 is 0. The van der Waals surface area contributed by atoms with Gasteiger partial charge in [-0.05, 0) is 52.0 Å². The van der Waals surface area contributed by atoms with Crippen LogP contribution >= 0.6 is 0 Å².